The molecule has 1 radical (unpaired) electrons. The van der Waals surface area contributed by atoms with Crippen LogP contribution in [0, 0.1) is 13.0 Å². The van der Waals surface area contributed by atoms with E-state index in [1.165, 1.54) is 6.92 Å². The average molecular weight is 369 g/mol. The van der Waals surface area contributed by atoms with E-state index in [9.17, 15) is 4.79 Å². The molecule has 4 aromatic rings. The summed E-state index contributed by atoms with van der Waals surface area (Å²) in [6.07, 6.45) is 0. The molecule has 0 spiro atoms. The predicted octanol–water partition coefficient (Wildman–Crippen LogP) is 5.24. The molecule has 0 aliphatic heterocycles. The lowest BCUT2D eigenvalue weighted by molar-refractivity contribution is -0.140. The van der Waals surface area contributed by atoms with Crippen molar-refractivity contribution in [2.75, 3.05) is 0 Å². The molecule has 0 saturated carbocycles. The third-order valence-corrected chi connectivity index (χ3v) is 4.94. The lowest BCUT2D eigenvalue weighted by Gasteiger charge is -2.10. The highest BCUT2D eigenvalue weighted by atomic mass is 16.7. The highest BCUT2D eigenvalue weighted by Crippen LogP contribution is 2.30. The molecular weight excluding hydrogens is 348 g/mol. The minimum Gasteiger partial charge on any atom is -0.340 e. The number of hydrogen-bond donors (Lipinski definition) is 0. The van der Waals surface area contributed by atoms with Crippen LogP contribution in [0.4, 0.5) is 0 Å². The van der Waals surface area contributed by atoms with Gasteiger partial charge in [0.1, 0.15) is 5.71 Å². The summed E-state index contributed by atoms with van der Waals surface area (Å²) in [7, 11) is 0. The predicted molar refractivity (Wildman–Crippen MR) is 113 cm³/mol. The van der Waals surface area contributed by atoms with Crippen molar-refractivity contribution in [2.24, 2.45) is 5.16 Å². The smallest absolute Gasteiger partial charge is 0.332 e. The molecule has 0 aliphatic carbocycles. The molecule has 4 heteroatoms. The minimum absolute atomic E-state index is 0.440. The first kappa shape index (κ1) is 18.0. The highest BCUT2D eigenvalue weighted by molar-refractivity contribution is 6.17. The van der Waals surface area contributed by atoms with Gasteiger partial charge in [-0.3, -0.25) is 0 Å². The Morgan fingerprint density at radius 2 is 1.93 bits per heavy atom. The molecule has 0 bridgehead atoms. The number of benzene rings is 3. The molecule has 3 aromatic carbocycles. The van der Waals surface area contributed by atoms with Crippen LogP contribution in [0.2, 0.25) is 0 Å². The Hall–Kier alpha value is -3.40. The van der Waals surface area contributed by atoms with Crippen LogP contribution >= 0.6 is 0 Å². The average Bonchev–Trinajstić information content (AvgIpc) is 3.02. The number of aryl methyl sites for hydroxylation is 2. The van der Waals surface area contributed by atoms with Gasteiger partial charge < -0.3 is 9.40 Å². The first-order valence-corrected chi connectivity index (χ1v) is 9.34. The molecule has 0 amide bonds. The molecule has 0 aliphatic rings. The number of carbonyl (C=O) groups is 1. The Labute approximate surface area is 164 Å². The zero-order valence-corrected chi connectivity index (χ0v) is 16.2. The number of para-hydroxylation sites is 1. The van der Waals surface area contributed by atoms with E-state index >= 15 is 0 Å². The lowest BCUT2D eigenvalue weighted by atomic mass is 9.97. The van der Waals surface area contributed by atoms with Crippen molar-refractivity contribution in [3.8, 4) is 0 Å². The number of oxime groups is 1. The van der Waals surface area contributed by atoms with E-state index in [-0.39, 0.29) is 0 Å². The summed E-state index contributed by atoms with van der Waals surface area (Å²) in [5.74, 6) is -0.440. The van der Waals surface area contributed by atoms with Crippen LogP contribution in [0.5, 0.6) is 0 Å². The Morgan fingerprint density at radius 3 is 2.68 bits per heavy atom. The second-order valence-electron chi connectivity index (χ2n) is 6.75. The van der Waals surface area contributed by atoms with Gasteiger partial charge >= 0.3 is 5.97 Å². The topological polar surface area (TPSA) is 43.6 Å². The summed E-state index contributed by atoms with van der Waals surface area (Å²) in [4.78, 5) is 16.4. The van der Waals surface area contributed by atoms with Gasteiger partial charge in [-0.2, -0.15) is 0 Å². The fourth-order valence-corrected chi connectivity index (χ4v) is 3.66. The Bertz CT molecular complexity index is 1220. The first-order valence-electron chi connectivity index (χ1n) is 9.34. The van der Waals surface area contributed by atoms with Gasteiger partial charge in [-0.1, -0.05) is 53.7 Å². The van der Waals surface area contributed by atoms with E-state index in [0.717, 1.165) is 45.0 Å². The van der Waals surface area contributed by atoms with Crippen molar-refractivity contribution in [1.82, 2.24) is 4.57 Å². The lowest BCUT2D eigenvalue weighted by Crippen LogP contribution is -2.08. The zero-order valence-electron chi connectivity index (χ0n) is 16.2. The first-order chi connectivity index (χ1) is 13.6. The molecule has 1 heterocycles. The molecule has 1 aromatic heterocycles. The number of hydrogen-bond acceptors (Lipinski definition) is 3. The van der Waals surface area contributed by atoms with Crippen LogP contribution in [0.15, 0.2) is 65.8 Å². The number of aromatic nitrogens is 1. The van der Waals surface area contributed by atoms with E-state index in [2.05, 4.69) is 40.9 Å². The van der Waals surface area contributed by atoms with Gasteiger partial charge in [-0.15, -0.1) is 0 Å². The van der Waals surface area contributed by atoms with Crippen molar-refractivity contribution in [3.63, 3.8) is 0 Å². The molecule has 4 nitrogen and oxygen atoms in total. The number of rotatable bonds is 4. The fourth-order valence-electron chi connectivity index (χ4n) is 3.66. The van der Waals surface area contributed by atoms with Gasteiger partial charge in [-0.05, 0) is 31.5 Å². The van der Waals surface area contributed by atoms with Gasteiger partial charge in [0, 0.05) is 47.0 Å². The summed E-state index contributed by atoms with van der Waals surface area (Å²) in [5.41, 5.74) is 5.80. The molecule has 0 N–H and O–H groups in total. The maximum absolute atomic E-state index is 11.4. The number of carbonyl (C=O) groups excluding carboxylic acids is 1. The third-order valence-electron chi connectivity index (χ3n) is 4.94. The maximum atomic E-state index is 11.4. The molecule has 28 heavy (non-hydrogen) atoms. The van der Waals surface area contributed by atoms with E-state index in [0.29, 0.717) is 5.71 Å². The molecule has 4 rings (SSSR count). The molecule has 0 unspecified atom stereocenters. The summed E-state index contributed by atoms with van der Waals surface area (Å²) in [5, 5.41) is 6.48. The van der Waals surface area contributed by atoms with Crippen molar-refractivity contribution in [1.29, 1.82) is 0 Å². The van der Waals surface area contributed by atoms with Crippen LogP contribution in [-0.4, -0.2) is 16.2 Å². The molecule has 0 fully saturated rings. The SMILES string of the molecule is CCn1c2[c]cccc2c2cc(C(=NOC(C)=O)c3ccccc3C)ccc21. The Morgan fingerprint density at radius 1 is 1.11 bits per heavy atom. The zero-order chi connectivity index (χ0) is 19.7. The van der Waals surface area contributed by atoms with Crippen LogP contribution in [-0.2, 0) is 16.2 Å². The van der Waals surface area contributed by atoms with E-state index < -0.39 is 5.97 Å². The van der Waals surface area contributed by atoms with Crippen LogP contribution in [0.1, 0.15) is 30.5 Å². The summed E-state index contributed by atoms with van der Waals surface area (Å²) >= 11 is 0. The fraction of sp³-hybridized carbons (Fsp3) is 0.167. The normalized spacial score (nSPS) is 11.9. The van der Waals surface area contributed by atoms with E-state index in [4.69, 9.17) is 4.84 Å². The quantitative estimate of drug-likeness (QED) is 0.280. The van der Waals surface area contributed by atoms with E-state index in [1.54, 1.807) is 0 Å². The molecule has 0 atom stereocenters. The monoisotopic (exact) mass is 369 g/mol. The second-order valence-corrected chi connectivity index (χ2v) is 6.75. The standard InChI is InChI=1S/C24H21N2O2/c1-4-26-22-12-8-7-11-20(22)21-15-18(13-14-23(21)26)24(25-28-17(3)27)19-10-6-5-9-16(19)2/h5-11,13-15H,4H2,1-3H3. The van der Waals surface area contributed by atoms with Crippen molar-refractivity contribution in [3.05, 3.63) is 83.4 Å². The highest BCUT2D eigenvalue weighted by Gasteiger charge is 2.15. The number of nitrogens with zero attached hydrogens (tertiary/aromatic N) is 2. The van der Waals surface area contributed by atoms with Gasteiger partial charge in [0.15, 0.2) is 0 Å². The van der Waals surface area contributed by atoms with E-state index in [1.807, 2.05) is 49.4 Å². The number of fused-ring (bicyclic) bond motifs is 3. The molecule has 139 valence electrons. The third kappa shape index (κ3) is 3.07. The van der Waals surface area contributed by atoms with Gasteiger partial charge in [-0.25, -0.2) is 4.79 Å². The van der Waals surface area contributed by atoms with Gasteiger partial charge in [0.2, 0.25) is 0 Å². The molecule has 0 saturated heterocycles. The van der Waals surface area contributed by atoms with Gasteiger partial charge in [0.05, 0.1) is 5.52 Å². The largest absolute Gasteiger partial charge is 0.340 e. The van der Waals surface area contributed by atoms with Crippen molar-refractivity contribution < 1.29 is 9.63 Å². The van der Waals surface area contributed by atoms with Crippen LogP contribution in [0.25, 0.3) is 21.8 Å². The Kier molecular flexibility index (Phi) is 4.70. The summed E-state index contributed by atoms with van der Waals surface area (Å²) < 4.78 is 2.26. The van der Waals surface area contributed by atoms with Crippen LogP contribution < -0.4 is 0 Å². The minimum atomic E-state index is -0.440. The molecular formula is C24H21N2O2. The van der Waals surface area contributed by atoms with Crippen molar-refractivity contribution >= 4 is 33.5 Å². The van der Waals surface area contributed by atoms with Crippen molar-refractivity contribution in [2.45, 2.75) is 27.3 Å². The van der Waals surface area contributed by atoms with Crippen LogP contribution in [0.3, 0.4) is 0 Å². The maximum Gasteiger partial charge on any atom is 0.332 e. The Balaban J connectivity index is 1.97. The summed E-state index contributed by atoms with van der Waals surface area (Å²) in [6.45, 7) is 6.38. The summed E-state index contributed by atoms with van der Waals surface area (Å²) in [6, 6.07) is 23.6. The van der Waals surface area contributed by atoms with Gasteiger partial charge in [0.25, 0.3) is 0 Å². The second kappa shape index (κ2) is 7.31.